The molecule has 5 rings (SSSR count). The average Bonchev–Trinajstić information content (AvgIpc) is 3.26. The van der Waals surface area contributed by atoms with Crippen LogP contribution in [0.25, 0.3) is 0 Å². The van der Waals surface area contributed by atoms with Crippen molar-refractivity contribution in [1.29, 1.82) is 0 Å². The van der Waals surface area contributed by atoms with Crippen molar-refractivity contribution in [3.05, 3.63) is 140 Å². The highest BCUT2D eigenvalue weighted by Crippen LogP contribution is 2.40. The Hall–Kier alpha value is -3.49. The second kappa shape index (κ2) is 10.2. The predicted octanol–water partition coefficient (Wildman–Crippen LogP) is 3.42. The maximum Gasteiger partial charge on any atom is 0.330 e. The minimum absolute atomic E-state index is 0.216. The van der Waals surface area contributed by atoms with Crippen molar-refractivity contribution in [3.63, 3.8) is 0 Å². The number of hydrogen-bond acceptors (Lipinski definition) is 5. The molecule has 1 aliphatic rings. The lowest BCUT2D eigenvalue weighted by Gasteiger charge is -2.38. The Morgan fingerprint density at radius 1 is 0.944 bits per heavy atom. The summed E-state index contributed by atoms with van der Waals surface area (Å²) in [6.07, 6.45) is -0.524. The third-order valence-corrected chi connectivity index (χ3v) is 6.96. The van der Waals surface area contributed by atoms with Gasteiger partial charge >= 0.3 is 5.69 Å². The molecule has 3 aromatic carbocycles. The van der Waals surface area contributed by atoms with Crippen LogP contribution in [0.3, 0.4) is 0 Å². The molecule has 0 saturated carbocycles. The molecule has 1 aromatic heterocycles. The van der Waals surface area contributed by atoms with Gasteiger partial charge in [0.05, 0.1) is 17.7 Å². The third kappa shape index (κ3) is 4.54. The van der Waals surface area contributed by atoms with Crippen LogP contribution in [0.5, 0.6) is 0 Å². The zero-order chi connectivity index (χ0) is 25.1. The lowest BCUT2D eigenvalue weighted by atomic mass is 9.76. The molecule has 0 amide bonds. The maximum absolute atomic E-state index is 12.3. The van der Waals surface area contributed by atoms with Crippen LogP contribution in [0, 0.1) is 0 Å². The van der Waals surface area contributed by atoms with E-state index in [4.69, 9.17) is 16.3 Å². The smallest absolute Gasteiger partial charge is 0.330 e. The van der Waals surface area contributed by atoms with Crippen molar-refractivity contribution in [2.75, 3.05) is 6.54 Å². The third-order valence-electron chi connectivity index (χ3n) is 6.63. The van der Waals surface area contributed by atoms with Crippen molar-refractivity contribution in [2.24, 2.45) is 0 Å². The molecule has 1 fully saturated rings. The highest BCUT2D eigenvalue weighted by Gasteiger charge is 2.41. The van der Waals surface area contributed by atoms with E-state index in [1.165, 1.54) is 16.8 Å². The van der Waals surface area contributed by atoms with Crippen LogP contribution in [0.1, 0.15) is 29.3 Å². The van der Waals surface area contributed by atoms with E-state index in [1.54, 1.807) is 0 Å². The van der Waals surface area contributed by atoms with Crippen LogP contribution < -0.4 is 16.6 Å². The van der Waals surface area contributed by atoms with E-state index in [0.29, 0.717) is 5.02 Å². The largest absolute Gasteiger partial charge is 0.390 e. The van der Waals surface area contributed by atoms with Crippen LogP contribution >= 0.6 is 11.6 Å². The minimum Gasteiger partial charge on any atom is -0.390 e. The maximum atomic E-state index is 12.3. The van der Waals surface area contributed by atoms with Crippen molar-refractivity contribution in [3.8, 4) is 0 Å². The van der Waals surface area contributed by atoms with E-state index in [9.17, 15) is 14.7 Å². The van der Waals surface area contributed by atoms with Crippen LogP contribution in [0.4, 0.5) is 0 Å². The summed E-state index contributed by atoms with van der Waals surface area (Å²) in [6.45, 7) is 0.269. The van der Waals surface area contributed by atoms with Gasteiger partial charge in [0.15, 0.2) is 0 Å². The molecule has 1 aliphatic heterocycles. The zero-order valence-electron chi connectivity index (χ0n) is 19.4. The average molecular weight is 504 g/mol. The number of nitrogens with one attached hydrogen (secondary N) is 2. The summed E-state index contributed by atoms with van der Waals surface area (Å²) < 4.78 is 7.40. The van der Waals surface area contributed by atoms with E-state index in [-0.39, 0.29) is 13.0 Å². The van der Waals surface area contributed by atoms with Gasteiger partial charge in [-0.15, -0.1) is 0 Å². The molecule has 4 aromatic rings. The van der Waals surface area contributed by atoms with Crippen molar-refractivity contribution in [1.82, 2.24) is 14.9 Å². The number of rotatable bonds is 7. The van der Waals surface area contributed by atoms with E-state index in [0.717, 1.165) is 16.7 Å². The lowest BCUT2D eigenvalue weighted by Crippen LogP contribution is -2.49. The number of aromatic nitrogens is 2. The first-order chi connectivity index (χ1) is 17.5. The van der Waals surface area contributed by atoms with E-state index in [1.807, 2.05) is 84.9 Å². The first-order valence-corrected chi connectivity index (χ1v) is 12.1. The first-order valence-electron chi connectivity index (χ1n) is 11.7. The molecule has 3 atom stereocenters. The highest BCUT2D eigenvalue weighted by molar-refractivity contribution is 6.31. The van der Waals surface area contributed by atoms with Gasteiger partial charge in [-0.05, 0) is 22.8 Å². The van der Waals surface area contributed by atoms with Crippen LogP contribution in [0.2, 0.25) is 5.02 Å². The number of benzene rings is 3. The second-order valence-corrected chi connectivity index (χ2v) is 9.20. The Morgan fingerprint density at radius 2 is 1.56 bits per heavy atom. The van der Waals surface area contributed by atoms with E-state index in [2.05, 4.69) is 10.3 Å². The Bertz CT molecular complexity index is 1400. The summed E-state index contributed by atoms with van der Waals surface area (Å²) >= 11 is 6.78. The number of H-pyrrole nitrogens is 1. The van der Waals surface area contributed by atoms with Gasteiger partial charge in [0, 0.05) is 30.3 Å². The van der Waals surface area contributed by atoms with Gasteiger partial charge in [0.1, 0.15) is 6.23 Å². The number of hydrogen-bond donors (Lipinski definition) is 3. The van der Waals surface area contributed by atoms with Gasteiger partial charge in [-0.25, -0.2) is 4.79 Å². The molecular weight excluding hydrogens is 478 g/mol. The number of ether oxygens (including phenoxy) is 1. The summed E-state index contributed by atoms with van der Waals surface area (Å²) in [7, 11) is 0. The van der Waals surface area contributed by atoms with Gasteiger partial charge in [0.2, 0.25) is 0 Å². The molecule has 0 radical (unpaired) electrons. The zero-order valence-corrected chi connectivity index (χ0v) is 20.1. The van der Waals surface area contributed by atoms with Gasteiger partial charge in [-0.1, -0.05) is 90.5 Å². The number of halogens is 1. The van der Waals surface area contributed by atoms with Crippen molar-refractivity contribution >= 4 is 11.6 Å². The lowest BCUT2D eigenvalue weighted by molar-refractivity contribution is -0.0212. The summed E-state index contributed by atoms with van der Waals surface area (Å²) in [4.78, 5) is 25.9. The molecule has 36 heavy (non-hydrogen) atoms. The fourth-order valence-corrected chi connectivity index (χ4v) is 5.17. The molecule has 8 heteroatoms. The fourth-order valence-electron chi connectivity index (χ4n) is 4.90. The molecule has 7 nitrogen and oxygen atoms in total. The van der Waals surface area contributed by atoms with Crippen LogP contribution in [0.15, 0.2) is 107 Å². The quantitative estimate of drug-likeness (QED) is 0.336. The number of nitrogens with zero attached hydrogens (tertiary/aromatic N) is 1. The molecular formula is C28H26ClN3O4. The van der Waals surface area contributed by atoms with Crippen LogP contribution in [-0.4, -0.2) is 33.4 Å². The van der Waals surface area contributed by atoms with Gasteiger partial charge in [-0.2, -0.15) is 0 Å². The summed E-state index contributed by atoms with van der Waals surface area (Å²) in [6, 6.07) is 28.9. The molecule has 0 spiro atoms. The standard InChI is InChI=1S/C28H26ClN3O4/c29-22-14-8-7-13-21(22)28(19-9-3-1-4-10-19,20-11-5-2-6-12-20)30-18-24-23(33)17-26(36-24)32-16-15-25(34)31-27(32)35/h1-16,23-24,26,30,33H,17-18H2,(H,31,34,35). The van der Waals surface area contributed by atoms with Crippen molar-refractivity contribution < 1.29 is 9.84 Å². The fraction of sp³-hybridized carbons (Fsp3) is 0.214. The number of aliphatic hydroxyl groups is 1. The molecule has 184 valence electrons. The van der Waals surface area contributed by atoms with Gasteiger partial charge in [0.25, 0.3) is 5.56 Å². The number of aromatic amines is 1. The predicted molar refractivity (Wildman–Crippen MR) is 138 cm³/mol. The van der Waals surface area contributed by atoms with Gasteiger partial charge in [-0.3, -0.25) is 19.7 Å². The van der Waals surface area contributed by atoms with Gasteiger partial charge < -0.3 is 9.84 Å². The minimum atomic E-state index is -0.836. The normalized spacial score (nSPS) is 19.9. The molecule has 0 bridgehead atoms. The topological polar surface area (TPSA) is 96.3 Å². The Labute approximate surface area is 213 Å². The second-order valence-electron chi connectivity index (χ2n) is 8.79. The molecule has 2 heterocycles. The highest BCUT2D eigenvalue weighted by atomic mass is 35.5. The Morgan fingerprint density at radius 3 is 2.17 bits per heavy atom. The summed E-state index contributed by atoms with van der Waals surface area (Å²) in [5, 5.41) is 15.1. The SMILES string of the molecule is O=c1ccn(C2CC(O)C(CNC(c3ccccc3)(c3ccccc3)c3ccccc3Cl)O2)c(=O)[nH]1. The Kier molecular flexibility index (Phi) is 6.89. The molecule has 3 unspecified atom stereocenters. The van der Waals surface area contributed by atoms with E-state index < -0.39 is 35.2 Å². The summed E-state index contributed by atoms with van der Waals surface area (Å²) in [5.41, 5.74) is 0.924. The molecule has 3 N–H and O–H groups in total. The molecule has 1 saturated heterocycles. The Balaban J connectivity index is 1.53. The number of aliphatic hydroxyl groups excluding tert-OH is 1. The van der Waals surface area contributed by atoms with E-state index >= 15 is 0 Å². The van der Waals surface area contributed by atoms with Crippen LogP contribution in [-0.2, 0) is 10.3 Å². The monoisotopic (exact) mass is 503 g/mol. The summed E-state index contributed by atoms with van der Waals surface area (Å²) in [5.74, 6) is 0. The first kappa shape index (κ1) is 24.2. The van der Waals surface area contributed by atoms with Crippen molar-refractivity contribution in [2.45, 2.75) is 30.4 Å². The molecule has 0 aliphatic carbocycles.